The van der Waals surface area contributed by atoms with Gasteiger partial charge in [-0.2, -0.15) is 0 Å². The van der Waals surface area contributed by atoms with Crippen molar-refractivity contribution < 1.29 is 9.47 Å². The van der Waals surface area contributed by atoms with Crippen molar-refractivity contribution in [1.29, 1.82) is 0 Å². The zero-order valence-corrected chi connectivity index (χ0v) is 13.7. The smallest absolute Gasteiger partial charge is 0.161 e. The Kier molecular flexibility index (Phi) is 5.12. The van der Waals surface area contributed by atoms with Gasteiger partial charge in [-0.3, -0.25) is 15.4 Å². The van der Waals surface area contributed by atoms with Crippen LogP contribution in [0.3, 0.4) is 0 Å². The summed E-state index contributed by atoms with van der Waals surface area (Å²) in [6, 6.07) is 13.2. The Balaban J connectivity index is 1.65. The number of aromatic amines is 1. The zero-order valence-electron chi connectivity index (χ0n) is 12.9. The molecule has 0 atom stereocenters. The van der Waals surface area contributed by atoms with Gasteiger partial charge in [-0.25, -0.2) is 0 Å². The van der Waals surface area contributed by atoms with Crippen molar-refractivity contribution in [2.75, 3.05) is 7.11 Å². The van der Waals surface area contributed by atoms with Crippen LogP contribution in [-0.4, -0.2) is 27.7 Å². The Bertz CT molecular complexity index is 795. The van der Waals surface area contributed by atoms with Gasteiger partial charge in [-0.1, -0.05) is 29.8 Å². The predicted molar refractivity (Wildman–Crippen MR) is 89.7 cm³/mol. The van der Waals surface area contributed by atoms with Gasteiger partial charge in [0, 0.05) is 11.6 Å². The van der Waals surface area contributed by atoms with Crippen LogP contribution >= 0.6 is 11.6 Å². The molecule has 0 radical (unpaired) electrons. The molecule has 8 heteroatoms. The number of hydrogen-bond donors (Lipinski definition) is 1. The van der Waals surface area contributed by atoms with E-state index in [1.165, 1.54) is 0 Å². The highest BCUT2D eigenvalue weighted by Gasteiger charge is 2.06. The largest absolute Gasteiger partial charge is 0.493 e. The second kappa shape index (κ2) is 7.65. The molecule has 3 aromatic rings. The van der Waals surface area contributed by atoms with Crippen LogP contribution in [-0.2, 0) is 13.2 Å². The zero-order chi connectivity index (χ0) is 16.8. The van der Waals surface area contributed by atoms with Gasteiger partial charge in [0.2, 0.25) is 0 Å². The minimum absolute atomic E-state index is 0.315. The third kappa shape index (κ3) is 4.14. The number of aromatic nitrogens is 4. The summed E-state index contributed by atoms with van der Waals surface area (Å²) in [5, 5.41) is 18.3. The summed E-state index contributed by atoms with van der Waals surface area (Å²) in [6.07, 6.45) is 0. The van der Waals surface area contributed by atoms with Gasteiger partial charge < -0.3 is 14.8 Å². The fraction of sp³-hybridized carbons (Fsp3) is 0.188. The van der Waals surface area contributed by atoms with Crippen LogP contribution in [0.4, 0.5) is 5.95 Å². The number of tetrazole rings is 1. The van der Waals surface area contributed by atoms with Crippen molar-refractivity contribution in [3.63, 3.8) is 0 Å². The van der Waals surface area contributed by atoms with Gasteiger partial charge in [0.15, 0.2) is 11.5 Å². The fourth-order valence-electron chi connectivity index (χ4n) is 2.10. The lowest BCUT2D eigenvalue weighted by atomic mass is 10.2. The molecule has 7 nitrogen and oxygen atoms in total. The molecule has 0 amide bonds. The second-order valence-electron chi connectivity index (χ2n) is 4.93. The van der Waals surface area contributed by atoms with Gasteiger partial charge in [-0.05, 0) is 35.4 Å². The SMILES string of the molecule is COc1cc(C[N-]c2nn[nH]n2)ccc1OCc1cccc(Cl)c1. The van der Waals surface area contributed by atoms with E-state index < -0.39 is 0 Å². The molecule has 0 spiro atoms. The quantitative estimate of drug-likeness (QED) is 0.707. The van der Waals surface area contributed by atoms with Crippen molar-refractivity contribution in [1.82, 2.24) is 20.6 Å². The number of halogens is 1. The molecule has 3 rings (SSSR count). The standard InChI is InChI=1S/C16H15ClN5O2/c1-23-15-8-11(9-18-16-19-21-22-20-16)5-6-14(15)24-10-12-3-2-4-13(17)7-12/h2-8H,9-10H2,1H3,(H-,18,19,20,21,22)/q-1. The van der Waals surface area contributed by atoms with Crippen LogP contribution in [0.1, 0.15) is 11.1 Å². The molecule has 0 saturated carbocycles. The first kappa shape index (κ1) is 16.1. The number of nitrogens with zero attached hydrogens (tertiary/aromatic N) is 4. The predicted octanol–water partition coefficient (Wildman–Crippen LogP) is 3.65. The lowest BCUT2D eigenvalue weighted by Gasteiger charge is -2.13. The Hall–Kier alpha value is -2.80. The fourth-order valence-corrected chi connectivity index (χ4v) is 2.32. The molecule has 0 aliphatic rings. The summed E-state index contributed by atoms with van der Waals surface area (Å²) >= 11 is 5.98. The van der Waals surface area contributed by atoms with E-state index in [2.05, 4.69) is 25.9 Å². The van der Waals surface area contributed by atoms with Crippen LogP contribution in [0.2, 0.25) is 5.02 Å². The molecule has 0 bridgehead atoms. The van der Waals surface area contributed by atoms with E-state index in [9.17, 15) is 0 Å². The van der Waals surface area contributed by atoms with E-state index in [1.54, 1.807) is 7.11 Å². The van der Waals surface area contributed by atoms with Crippen LogP contribution < -0.4 is 9.47 Å². The Morgan fingerprint density at radius 2 is 2.04 bits per heavy atom. The van der Waals surface area contributed by atoms with Crippen molar-refractivity contribution in [2.24, 2.45) is 0 Å². The van der Waals surface area contributed by atoms with E-state index in [-0.39, 0.29) is 0 Å². The summed E-state index contributed by atoms with van der Waals surface area (Å²) in [7, 11) is 1.60. The van der Waals surface area contributed by atoms with Crippen LogP contribution in [0.15, 0.2) is 42.5 Å². The maximum atomic E-state index is 5.98. The molecule has 0 fully saturated rings. The summed E-state index contributed by atoms with van der Waals surface area (Å²) < 4.78 is 11.2. The summed E-state index contributed by atoms with van der Waals surface area (Å²) in [5.74, 6) is 1.61. The van der Waals surface area contributed by atoms with Crippen LogP contribution in [0, 0.1) is 0 Å². The minimum Gasteiger partial charge on any atom is -0.493 e. The first-order chi connectivity index (χ1) is 11.7. The van der Waals surface area contributed by atoms with Gasteiger partial charge in [0.1, 0.15) is 6.61 Å². The minimum atomic E-state index is 0.315. The highest BCUT2D eigenvalue weighted by atomic mass is 35.5. The van der Waals surface area contributed by atoms with E-state index in [0.29, 0.717) is 35.6 Å². The van der Waals surface area contributed by atoms with Crippen LogP contribution in [0.25, 0.3) is 5.32 Å². The molecule has 1 heterocycles. The van der Waals surface area contributed by atoms with Crippen molar-refractivity contribution in [3.05, 3.63) is 63.9 Å². The van der Waals surface area contributed by atoms with Gasteiger partial charge >= 0.3 is 0 Å². The van der Waals surface area contributed by atoms with Crippen molar-refractivity contribution >= 4 is 17.5 Å². The van der Waals surface area contributed by atoms with Crippen molar-refractivity contribution in [2.45, 2.75) is 13.2 Å². The molecule has 0 saturated heterocycles. The highest BCUT2D eigenvalue weighted by Crippen LogP contribution is 2.30. The topological polar surface area (TPSA) is 87.0 Å². The third-order valence-corrected chi connectivity index (χ3v) is 3.48. The molecular weight excluding hydrogens is 330 g/mol. The monoisotopic (exact) mass is 344 g/mol. The number of benzene rings is 2. The molecule has 0 unspecified atom stereocenters. The van der Waals surface area contributed by atoms with Gasteiger partial charge in [0.25, 0.3) is 0 Å². The van der Waals surface area contributed by atoms with E-state index >= 15 is 0 Å². The average molecular weight is 345 g/mol. The molecular formula is C16H15ClN5O2-. The number of nitrogens with one attached hydrogen (secondary N) is 1. The normalized spacial score (nSPS) is 10.4. The van der Waals surface area contributed by atoms with Crippen molar-refractivity contribution in [3.8, 4) is 11.5 Å². The first-order valence-electron chi connectivity index (χ1n) is 7.19. The van der Waals surface area contributed by atoms with E-state index in [4.69, 9.17) is 21.1 Å². The molecule has 124 valence electrons. The highest BCUT2D eigenvalue weighted by molar-refractivity contribution is 6.30. The number of methoxy groups -OCH3 is 1. The molecule has 0 aliphatic heterocycles. The maximum Gasteiger partial charge on any atom is 0.161 e. The lowest BCUT2D eigenvalue weighted by molar-refractivity contribution is 0.284. The molecule has 0 aliphatic carbocycles. The average Bonchev–Trinajstić information content (AvgIpc) is 3.12. The lowest BCUT2D eigenvalue weighted by Crippen LogP contribution is -1.98. The summed E-state index contributed by atoms with van der Waals surface area (Å²) in [5.41, 5.74) is 1.94. The number of hydrogen-bond acceptors (Lipinski definition) is 5. The van der Waals surface area contributed by atoms with Gasteiger partial charge in [0.05, 0.1) is 13.1 Å². The second-order valence-corrected chi connectivity index (χ2v) is 5.37. The van der Waals surface area contributed by atoms with E-state index in [1.807, 2.05) is 42.5 Å². The maximum absolute atomic E-state index is 5.98. The molecule has 1 N–H and O–H groups in total. The van der Waals surface area contributed by atoms with Crippen LogP contribution in [0.5, 0.6) is 11.5 Å². The Morgan fingerprint density at radius 3 is 2.79 bits per heavy atom. The Morgan fingerprint density at radius 1 is 1.12 bits per heavy atom. The molecule has 1 aromatic heterocycles. The number of rotatable bonds is 7. The first-order valence-corrected chi connectivity index (χ1v) is 7.57. The Labute approximate surface area is 143 Å². The summed E-state index contributed by atoms with van der Waals surface area (Å²) in [6.45, 7) is 0.827. The molecule has 24 heavy (non-hydrogen) atoms. The van der Waals surface area contributed by atoms with Gasteiger partial charge in [-0.15, -0.1) is 5.21 Å². The third-order valence-electron chi connectivity index (χ3n) is 3.25. The number of ether oxygens (including phenoxy) is 2. The number of H-pyrrole nitrogens is 1. The summed E-state index contributed by atoms with van der Waals surface area (Å²) in [4.78, 5) is 0. The van der Waals surface area contributed by atoms with E-state index in [0.717, 1.165) is 11.1 Å². The molecule has 2 aromatic carbocycles.